The van der Waals surface area contributed by atoms with E-state index < -0.39 is 0 Å². The monoisotopic (exact) mass is 328 g/mol. The highest BCUT2D eigenvalue weighted by Crippen LogP contribution is 2.32. The van der Waals surface area contributed by atoms with Crippen molar-refractivity contribution in [3.63, 3.8) is 0 Å². The second kappa shape index (κ2) is 5.91. The molecule has 1 aromatic heterocycles. The van der Waals surface area contributed by atoms with Crippen molar-refractivity contribution in [3.8, 4) is 10.6 Å². The molecule has 0 aliphatic carbocycles. The first-order valence-corrected chi connectivity index (χ1v) is 7.43. The van der Waals surface area contributed by atoms with Crippen LogP contribution in [0.3, 0.4) is 0 Å². The van der Waals surface area contributed by atoms with Gasteiger partial charge in [-0.3, -0.25) is 0 Å². The molecule has 0 bridgehead atoms. The molecule has 96 valence electrons. The topological polar surface area (TPSA) is 24.9 Å². The zero-order chi connectivity index (χ0) is 13.1. The van der Waals surface area contributed by atoms with Gasteiger partial charge in [0.05, 0.1) is 5.69 Å². The van der Waals surface area contributed by atoms with E-state index >= 15 is 0 Å². The normalized spacial score (nSPS) is 12.7. The van der Waals surface area contributed by atoms with Crippen molar-refractivity contribution >= 4 is 27.3 Å². The van der Waals surface area contributed by atoms with E-state index in [4.69, 9.17) is 0 Å². The Hall–Kier alpha value is -0.780. The number of hydrogen-bond donors (Lipinski definition) is 1. The van der Waals surface area contributed by atoms with Crippen molar-refractivity contribution in [3.05, 3.63) is 39.6 Å². The highest BCUT2D eigenvalue weighted by molar-refractivity contribution is 9.10. The molecule has 1 aromatic carbocycles. The van der Waals surface area contributed by atoms with Crippen LogP contribution in [0.25, 0.3) is 10.6 Å². The molecule has 0 amide bonds. The molecular weight excluding hydrogens is 315 g/mol. The lowest BCUT2D eigenvalue weighted by molar-refractivity contribution is 0.587. The number of thiazole rings is 1. The van der Waals surface area contributed by atoms with Crippen LogP contribution >= 0.6 is 27.3 Å². The lowest BCUT2D eigenvalue weighted by Gasteiger charge is -2.08. The van der Waals surface area contributed by atoms with E-state index in [9.17, 15) is 4.39 Å². The molecule has 0 aliphatic rings. The minimum absolute atomic E-state index is 0.235. The van der Waals surface area contributed by atoms with Gasteiger partial charge in [-0.1, -0.05) is 6.92 Å². The molecule has 2 aromatic rings. The van der Waals surface area contributed by atoms with E-state index in [0.717, 1.165) is 27.3 Å². The molecule has 0 spiro atoms. The van der Waals surface area contributed by atoms with Crippen LogP contribution in [0, 0.1) is 5.82 Å². The van der Waals surface area contributed by atoms with E-state index in [0.29, 0.717) is 0 Å². The van der Waals surface area contributed by atoms with Crippen molar-refractivity contribution in [2.45, 2.75) is 19.9 Å². The molecule has 0 radical (unpaired) electrons. The van der Waals surface area contributed by atoms with Gasteiger partial charge in [-0.2, -0.15) is 0 Å². The van der Waals surface area contributed by atoms with E-state index in [1.54, 1.807) is 17.4 Å². The van der Waals surface area contributed by atoms with Crippen LogP contribution in [0.4, 0.5) is 4.39 Å². The third-order valence-electron chi connectivity index (χ3n) is 2.64. The Morgan fingerprint density at radius 3 is 2.94 bits per heavy atom. The predicted octanol–water partition coefficient (Wildman–Crippen LogP) is 4.38. The Bertz CT molecular complexity index is 542. The van der Waals surface area contributed by atoms with Crippen LogP contribution in [-0.2, 0) is 0 Å². The van der Waals surface area contributed by atoms with Crippen LogP contribution in [-0.4, -0.2) is 11.5 Å². The van der Waals surface area contributed by atoms with E-state index in [1.165, 1.54) is 12.1 Å². The Labute approximate surface area is 118 Å². The quantitative estimate of drug-likeness (QED) is 0.900. The van der Waals surface area contributed by atoms with Crippen molar-refractivity contribution in [2.75, 3.05) is 6.54 Å². The van der Waals surface area contributed by atoms with Gasteiger partial charge in [-0.15, -0.1) is 11.3 Å². The summed E-state index contributed by atoms with van der Waals surface area (Å²) in [6.07, 6.45) is 0. The van der Waals surface area contributed by atoms with Crippen molar-refractivity contribution in [1.29, 1.82) is 0 Å². The first-order chi connectivity index (χ1) is 8.61. The minimum Gasteiger partial charge on any atom is -0.309 e. The molecule has 1 unspecified atom stereocenters. The van der Waals surface area contributed by atoms with Gasteiger partial charge in [0.1, 0.15) is 10.8 Å². The highest BCUT2D eigenvalue weighted by atomic mass is 79.9. The summed E-state index contributed by atoms with van der Waals surface area (Å²) in [5.74, 6) is -0.247. The minimum atomic E-state index is -0.247. The van der Waals surface area contributed by atoms with Crippen LogP contribution in [0.2, 0.25) is 0 Å². The average molecular weight is 329 g/mol. The highest BCUT2D eigenvalue weighted by Gasteiger charge is 2.12. The number of aromatic nitrogens is 1. The van der Waals surface area contributed by atoms with Crippen LogP contribution in [0.5, 0.6) is 0 Å². The summed E-state index contributed by atoms with van der Waals surface area (Å²) >= 11 is 4.95. The molecule has 1 atom stereocenters. The summed E-state index contributed by atoms with van der Waals surface area (Å²) < 4.78 is 13.8. The first kappa shape index (κ1) is 13.6. The van der Waals surface area contributed by atoms with Gasteiger partial charge < -0.3 is 5.32 Å². The zero-order valence-corrected chi connectivity index (χ0v) is 12.6. The molecule has 18 heavy (non-hydrogen) atoms. The number of hydrogen-bond acceptors (Lipinski definition) is 3. The smallest absolute Gasteiger partial charge is 0.124 e. The number of nitrogens with zero attached hydrogens (tertiary/aromatic N) is 1. The summed E-state index contributed by atoms with van der Waals surface area (Å²) in [5.41, 5.74) is 1.95. The average Bonchev–Trinajstić information content (AvgIpc) is 2.78. The van der Waals surface area contributed by atoms with Crippen molar-refractivity contribution in [1.82, 2.24) is 10.3 Å². The maximum absolute atomic E-state index is 13.0. The third kappa shape index (κ3) is 2.96. The maximum Gasteiger partial charge on any atom is 0.124 e. The van der Waals surface area contributed by atoms with Gasteiger partial charge in [0, 0.05) is 21.5 Å². The molecule has 5 heteroatoms. The molecule has 0 saturated heterocycles. The Morgan fingerprint density at radius 2 is 2.28 bits per heavy atom. The van der Waals surface area contributed by atoms with Gasteiger partial charge in [0.15, 0.2) is 0 Å². The van der Waals surface area contributed by atoms with Gasteiger partial charge in [0.25, 0.3) is 0 Å². The van der Waals surface area contributed by atoms with Gasteiger partial charge in [-0.25, -0.2) is 9.37 Å². The SMILES string of the molecule is CCNC(C)c1csc(-c2ccc(F)cc2Br)n1. The first-order valence-electron chi connectivity index (χ1n) is 5.76. The van der Waals surface area contributed by atoms with E-state index in [-0.39, 0.29) is 11.9 Å². The molecule has 0 fully saturated rings. The Morgan fingerprint density at radius 1 is 1.50 bits per heavy atom. The largest absolute Gasteiger partial charge is 0.309 e. The maximum atomic E-state index is 13.0. The molecule has 2 rings (SSSR count). The zero-order valence-electron chi connectivity index (χ0n) is 10.2. The number of halogens is 2. The fourth-order valence-electron chi connectivity index (χ4n) is 1.68. The molecule has 2 nitrogen and oxygen atoms in total. The van der Waals surface area contributed by atoms with Crippen LogP contribution < -0.4 is 5.32 Å². The molecule has 1 heterocycles. The van der Waals surface area contributed by atoms with Crippen LogP contribution in [0.15, 0.2) is 28.1 Å². The summed E-state index contributed by atoms with van der Waals surface area (Å²) in [6.45, 7) is 5.07. The summed E-state index contributed by atoms with van der Waals surface area (Å²) in [5, 5.41) is 6.27. The predicted molar refractivity (Wildman–Crippen MR) is 77.3 cm³/mol. The van der Waals surface area contributed by atoms with E-state index in [1.807, 2.05) is 5.38 Å². The molecular formula is C13H14BrFN2S. The summed E-state index contributed by atoms with van der Waals surface area (Å²) in [7, 11) is 0. The van der Waals surface area contributed by atoms with Crippen molar-refractivity contribution < 1.29 is 4.39 Å². The van der Waals surface area contributed by atoms with Gasteiger partial charge in [0.2, 0.25) is 0 Å². The summed E-state index contributed by atoms with van der Waals surface area (Å²) in [4.78, 5) is 4.59. The summed E-state index contributed by atoms with van der Waals surface area (Å²) in [6, 6.07) is 4.90. The number of benzene rings is 1. The second-order valence-corrected chi connectivity index (χ2v) is 5.69. The number of rotatable bonds is 4. The molecule has 1 N–H and O–H groups in total. The van der Waals surface area contributed by atoms with Crippen molar-refractivity contribution in [2.24, 2.45) is 0 Å². The van der Waals surface area contributed by atoms with Gasteiger partial charge >= 0.3 is 0 Å². The van der Waals surface area contributed by atoms with Crippen LogP contribution in [0.1, 0.15) is 25.6 Å². The van der Waals surface area contributed by atoms with E-state index in [2.05, 4.69) is 40.1 Å². The third-order valence-corrected chi connectivity index (χ3v) is 4.19. The van der Waals surface area contributed by atoms with Gasteiger partial charge in [-0.05, 0) is 47.6 Å². The Balaban J connectivity index is 2.29. The fourth-order valence-corrected chi connectivity index (χ4v) is 3.30. The lowest BCUT2D eigenvalue weighted by atomic mass is 10.2. The standard InChI is InChI=1S/C13H14BrFN2S/c1-3-16-8(2)12-7-18-13(17-12)10-5-4-9(15)6-11(10)14/h4-8,16H,3H2,1-2H3. The molecule has 0 aliphatic heterocycles. The fraction of sp³-hybridized carbons (Fsp3) is 0.308. The number of nitrogens with one attached hydrogen (secondary N) is 1. The lowest BCUT2D eigenvalue weighted by Crippen LogP contribution is -2.17. The molecule has 0 saturated carbocycles. The Kier molecular flexibility index (Phi) is 4.48. The second-order valence-electron chi connectivity index (χ2n) is 3.98.